The molecule has 21 heavy (non-hydrogen) atoms. The van der Waals surface area contributed by atoms with Crippen molar-refractivity contribution in [1.82, 2.24) is 4.98 Å². The largest absolute Gasteiger partial charge is 0.473 e. The molecule has 1 aromatic heterocycles. The summed E-state index contributed by atoms with van der Waals surface area (Å²) in [7, 11) is 1.71. The number of hydrogen-bond acceptors (Lipinski definition) is 4. The highest BCUT2D eigenvalue weighted by Gasteiger charge is 2.07. The summed E-state index contributed by atoms with van der Waals surface area (Å²) in [6.07, 6.45) is 0. The van der Waals surface area contributed by atoms with Crippen LogP contribution in [0.1, 0.15) is 12.5 Å². The summed E-state index contributed by atoms with van der Waals surface area (Å²) in [6, 6.07) is 9.44. The number of nitrogens with one attached hydrogen (secondary N) is 2. The predicted octanol–water partition coefficient (Wildman–Crippen LogP) is 2.80. The van der Waals surface area contributed by atoms with E-state index in [0.717, 1.165) is 5.56 Å². The smallest absolute Gasteiger partial charge is 0.221 e. The zero-order valence-corrected chi connectivity index (χ0v) is 11.8. The summed E-state index contributed by atoms with van der Waals surface area (Å²) in [5.74, 6) is 0.474. The van der Waals surface area contributed by atoms with Gasteiger partial charge in [0.05, 0.1) is 5.69 Å². The molecule has 6 heteroatoms. The Morgan fingerprint density at radius 3 is 2.57 bits per heavy atom. The summed E-state index contributed by atoms with van der Waals surface area (Å²) >= 11 is 0. The second-order valence-electron chi connectivity index (χ2n) is 4.39. The first-order chi connectivity index (χ1) is 10.1. The molecule has 0 saturated heterocycles. The van der Waals surface area contributed by atoms with E-state index in [0.29, 0.717) is 17.4 Å². The summed E-state index contributed by atoms with van der Waals surface area (Å²) in [6.45, 7) is 1.72. The molecular formula is C15H16FN3O2. The third kappa shape index (κ3) is 4.17. The number of benzene rings is 1. The van der Waals surface area contributed by atoms with Gasteiger partial charge in [0.25, 0.3) is 0 Å². The minimum atomic E-state index is -0.283. The first kappa shape index (κ1) is 14.8. The summed E-state index contributed by atoms with van der Waals surface area (Å²) in [5.41, 5.74) is 1.43. The van der Waals surface area contributed by atoms with Crippen molar-refractivity contribution in [1.29, 1.82) is 0 Å². The fraction of sp³-hybridized carbons (Fsp3) is 0.200. The number of hydrogen-bond donors (Lipinski definition) is 2. The Balaban J connectivity index is 2.06. The number of nitrogens with zero attached hydrogens (tertiary/aromatic N) is 1. The quantitative estimate of drug-likeness (QED) is 0.888. The minimum Gasteiger partial charge on any atom is -0.473 e. The van der Waals surface area contributed by atoms with Crippen LogP contribution in [0.5, 0.6) is 5.88 Å². The summed E-state index contributed by atoms with van der Waals surface area (Å²) < 4.78 is 18.3. The van der Waals surface area contributed by atoms with Gasteiger partial charge >= 0.3 is 0 Å². The summed E-state index contributed by atoms with van der Waals surface area (Å²) in [5, 5.41) is 5.56. The molecule has 0 bridgehead atoms. The summed E-state index contributed by atoms with van der Waals surface area (Å²) in [4.78, 5) is 15.3. The van der Waals surface area contributed by atoms with Crippen molar-refractivity contribution < 1.29 is 13.9 Å². The van der Waals surface area contributed by atoms with Crippen molar-refractivity contribution in [2.75, 3.05) is 17.7 Å². The topological polar surface area (TPSA) is 63.3 Å². The fourth-order valence-electron chi connectivity index (χ4n) is 1.74. The molecule has 0 aliphatic carbocycles. The number of rotatable bonds is 5. The lowest BCUT2D eigenvalue weighted by Crippen LogP contribution is -2.09. The molecule has 1 heterocycles. The highest BCUT2D eigenvalue weighted by atomic mass is 19.1. The lowest BCUT2D eigenvalue weighted by Gasteiger charge is -2.11. The maximum atomic E-state index is 12.8. The van der Waals surface area contributed by atoms with E-state index in [1.54, 1.807) is 31.3 Å². The monoisotopic (exact) mass is 289 g/mol. The Morgan fingerprint density at radius 1 is 1.24 bits per heavy atom. The van der Waals surface area contributed by atoms with Crippen molar-refractivity contribution in [3.63, 3.8) is 0 Å². The van der Waals surface area contributed by atoms with Crippen LogP contribution in [0.25, 0.3) is 0 Å². The van der Waals surface area contributed by atoms with Crippen LogP contribution in [0, 0.1) is 5.82 Å². The Morgan fingerprint density at radius 2 is 1.95 bits per heavy atom. The number of ether oxygens (including phenoxy) is 1. The third-order valence-corrected chi connectivity index (χ3v) is 2.72. The molecule has 0 fully saturated rings. The molecule has 110 valence electrons. The van der Waals surface area contributed by atoms with E-state index in [9.17, 15) is 9.18 Å². The van der Waals surface area contributed by atoms with Crippen molar-refractivity contribution in [3.8, 4) is 5.88 Å². The van der Waals surface area contributed by atoms with Gasteiger partial charge in [0, 0.05) is 20.0 Å². The van der Waals surface area contributed by atoms with E-state index >= 15 is 0 Å². The highest BCUT2D eigenvalue weighted by Crippen LogP contribution is 2.23. The highest BCUT2D eigenvalue weighted by molar-refractivity contribution is 5.91. The number of pyridine rings is 1. The molecule has 0 spiro atoms. The van der Waals surface area contributed by atoms with Gasteiger partial charge in [0.15, 0.2) is 5.82 Å². The molecule has 2 N–H and O–H groups in total. The zero-order valence-electron chi connectivity index (χ0n) is 11.8. The SMILES string of the molecule is CNc1nc(OCc2ccc(F)cc2)ccc1NC(C)=O. The molecule has 0 atom stereocenters. The number of carbonyl (C=O) groups excluding carboxylic acids is 1. The van der Waals surface area contributed by atoms with Crippen molar-refractivity contribution in [2.24, 2.45) is 0 Å². The van der Waals surface area contributed by atoms with Crippen LogP contribution in [0.3, 0.4) is 0 Å². The minimum absolute atomic E-state index is 0.173. The van der Waals surface area contributed by atoms with E-state index in [1.165, 1.54) is 19.1 Å². The van der Waals surface area contributed by atoms with Gasteiger partial charge in [-0.05, 0) is 23.8 Å². The molecule has 0 radical (unpaired) electrons. The standard InChI is InChI=1S/C15H16FN3O2/c1-10(20)18-13-7-8-14(19-15(13)17-2)21-9-11-3-5-12(16)6-4-11/h3-8H,9H2,1-2H3,(H,17,19)(H,18,20). The van der Waals surface area contributed by atoms with Gasteiger partial charge in [-0.15, -0.1) is 0 Å². The molecule has 0 aliphatic heterocycles. The Kier molecular flexibility index (Phi) is 4.71. The van der Waals surface area contributed by atoms with Crippen molar-refractivity contribution in [3.05, 3.63) is 47.8 Å². The van der Waals surface area contributed by atoms with E-state index in [-0.39, 0.29) is 18.3 Å². The molecule has 0 unspecified atom stereocenters. The first-order valence-electron chi connectivity index (χ1n) is 6.42. The number of carbonyl (C=O) groups is 1. The molecule has 0 saturated carbocycles. The van der Waals surface area contributed by atoms with Crippen molar-refractivity contribution >= 4 is 17.4 Å². The maximum absolute atomic E-state index is 12.8. The Hall–Kier alpha value is -2.63. The number of aromatic nitrogens is 1. The average molecular weight is 289 g/mol. The third-order valence-electron chi connectivity index (χ3n) is 2.72. The second kappa shape index (κ2) is 6.69. The van der Waals surface area contributed by atoms with Crippen molar-refractivity contribution in [2.45, 2.75) is 13.5 Å². The van der Waals surface area contributed by atoms with Crippen LogP contribution < -0.4 is 15.4 Å². The molecule has 1 aromatic carbocycles. The Labute approximate surface area is 122 Å². The van der Waals surface area contributed by atoms with Crippen LogP contribution in [-0.4, -0.2) is 17.9 Å². The van der Waals surface area contributed by atoms with Gasteiger partial charge in [-0.2, -0.15) is 4.98 Å². The molecule has 2 aromatic rings. The first-order valence-corrected chi connectivity index (χ1v) is 6.42. The van der Waals surface area contributed by atoms with Crippen LogP contribution >= 0.6 is 0 Å². The maximum Gasteiger partial charge on any atom is 0.221 e. The normalized spacial score (nSPS) is 10.0. The second-order valence-corrected chi connectivity index (χ2v) is 4.39. The molecule has 0 aliphatic rings. The van der Waals surface area contributed by atoms with E-state index in [2.05, 4.69) is 15.6 Å². The van der Waals surface area contributed by atoms with Crippen LogP contribution in [0.2, 0.25) is 0 Å². The molecule has 5 nitrogen and oxygen atoms in total. The molecule has 1 amide bonds. The zero-order chi connectivity index (χ0) is 15.2. The van der Waals surface area contributed by atoms with Gasteiger partial charge in [0.2, 0.25) is 11.8 Å². The molecular weight excluding hydrogens is 273 g/mol. The predicted molar refractivity (Wildman–Crippen MR) is 78.8 cm³/mol. The van der Waals surface area contributed by atoms with Crippen LogP contribution in [-0.2, 0) is 11.4 Å². The number of anilines is 2. The van der Waals surface area contributed by atoms with Gasteiger partial charge in [0.1, 0.15) is 12.4 Å². The lowest BCUT2D eigenvalue weighted by atomic mass is 10.2. The van der Waals surface area contributed by atoms with E-state index in [4.69, 9.17) is 4.74 Å². The lowest BCUT2D eigenvalue weighted by molar-refractivity contribution is -0.114. The van der Waals surface area contributed by atoms with Crippen LogP contribution in [0.15, 0.2) is 36.4 Å². The van der Waals surface area contributed by atoms with Crippen LogP contribution in [0.4, 0.5) is 15.9 Å². The average Bonchev–Trinajstić information content (AvgIpc) is 2.47. The Bertz CT molecular complexity index is 629. The number of amides is 1. The fourth-order valence-corrected chi connectivity index (χ4v) is 1.74. The molecule has 2 rings (SSSR count). The van der Waals surface area contributed by atoms with Gasteiger partial charge in [-0.3, -0.25) is 4.79 Å². The van der Waals surface area contributed by atoms with E-state index in [1.807, 2.05) is 0 Å². The van der Waals surface area contributed by atoms with Gasteiger partial charge < -0.3 is 15.4 Å². The van der Waals surface area contributed by atoms with E-state index < -0.39 is 0 Å². The number of halogens is 1. The van der Waals surface area contributed by atoms with Gasteiger partial charge in [-0.1, -0.05) is 12.1 Å². The van der Waals surface area contributed by atoms with Gasteiger partial charge in [-0.25, -0.2) is 4.39 Å².